The zero-order valence-electron chi connectivity index (χ0n) is 15.6. The van der Waals surface area contributed by atoms with Gasteiger partial charge in [-0.2, -0.15) is 0 Å². The Morgan fingerprint density at radius 2 is 1.85 bits per heavy atom. The van der Waals surface area contributed by atoms with Crippen molar-refractivity contribution in [3.63, 3.8) is 0 Å². The summed E-state index contributed by atoms with van der Waals surface area (Å²) in [6.07, 6.45) is 4.78. The molecule has 0 aromatic heterocycles. The second-order valence-electron chi connectivity index (χ2n) is 6.24. The fraction of sp³-hybridized carbons (Fsp3) is 0.476. The van der Waals surface area contributed by atoms with Crippen molar-refractivity contribution < 1.29 is 19.1 Å². The fourth-order valence-electron chi connectivity index (χ4n) is 2.83. The van der Waals surface area contributed by atoms with Crippen molar-refractivity contribution in [1.82, 2.24) is 0 Å². The molecule has 0 atom stereocenters. The Morgan fingerprint density at radius 1 is 1.08 bits per heavy atom. The number of esters is 2. The summed E-state index contributed by atoms with van der Waals surface area (Å²) in [7, 11) is 0. The smallest absolute Gasteiger partial charge is 0.341 e. The molecule has 26 heavy (non-hydrogen) atoms. The lowest BCUT2D eigenvalue weighted by molar-refractivity contribution is -0.142. The van der Waals surface area contributed by atoms with Crippen LogP contribution in [0.25, 0.3) is 0 Å². The number of rotatable bonds is 10. The van der Waals surface area contributed by atoms with Crippen molar-refractivity contribution in [1.29, 1.82) is 0 Å². The number of aliphatic imine (C=N–C) groups is 1. The third-order valence-corrected chi connectivity index (χ3v) is 4.18. The van der Waals surface area contributed by atoms with Crippen LogP contribution in [0.2, 0.25) is 0 Å². The van der Waals surface area contributed by atoms with E-state index in [1.807, 2.05) is 30.3 Å². The van der Waals surface area contributed by atoms with E-state index in [-0.39, 0.29) is 18.3 Å². The summed E-state index contributed by atoms with van der Waals surface area (Å²) in [4.78, 5) is 28.8. The number of nitrogens with zero attached hydrogens (tertiary/aromatic N) is 1. The Morgan fingerprint density at radius 3 is 2.54 bits per heavy atom. The number of cyclic esters (lactones) is 1. The normalized spacial score (nSPS) is 15.5. The molecule has 5 heteroatoms. The maximum atomic E-state index is 12.4. The molecule has 0 fully saturated rings. The van der Waals surface area contributed by atoms with Crippen LogP contribution in [0, 0.1) is 0 Å². The van der Waals surface area contributed by atoms with Gasteiger partial charge in [-0.25, -0.2) is 4.79 Å². The lowest BCUT2D eigenvalue weighted by Crippen LogP contribution is -2.11. The van der Waals surface area contributed by atoms with Crippen LogP contribution >= 0.6 is 0 Å². The van der Waals surface area contributed by atoms with Gasteiger partial charge in [-0.15, -0.1) is 0 Å². The van der Waals surface area contributed by atoms with Crippen LogP contribution in [-0.4, -0.2) is 31.0 Å². The molecule has 0 bridgehead atoms. The molecule has 140 valence electrons. The van der Waals surface area contributed by atoms with Crippen LogP contribution in [0.4, 0.5) is 0 Å². The Bertz CT molecular complexity index is 677. The molecule has 0 unspecified atom stereocenters. The highest BCUT2D eigenvalue weighted by Gasteiger charge is 2.32. The van der Waals surface area contributed by atoms with Crippen LogP contribution in [0.15, 0.2) is 46.5 Å². The van der Waals surface area contributed by atoms with Gasteiger partial charge in [0.1, 0.15) is 0 Å². The molecule has 0 radical (unpaired) electrons. The van der Waals surface area contributed by atoms with E-state index in [9.17, 15) is 9.59 Å². The zero-order valence-corrected chi connectivity index (χ0v) is 15.6. The van der Waals surface area contributed by atoms with Gasteiger partial charge >= 0.3 is 11.9 Å². The summed E-state index contributed by atoms with van der Waals surface area (Å²) in [6.45, 7) is 4.81. The average Bonchev–Trinajstić information content (AvgIpc) is 2.91. The van der Waals surface area contributed by atoms with Gasteiger partial charge in [-0.3, -0.25) is 9.79 Å². The standard InChI is InChI=1S/C21H27NO4/c1-3-5-6-10-13-22-20-17(15-19(23)25-4-2)18(21(24)26-20)14-16-11-8-7-9-12-16/h7-9,11-12H,3-6,10,13-15H2,1-2H3/b22-20-. The average molecular weight is 357 g/mol. The molecule has 2 rings (SSSR count). The molecule has 0 N–H and O–H groups in total. The highest BCUT2D eigenvalue weighted by atomic mass is 16.6. The predicted octanol–water partition coefficient (Wildman–Crippen LogP) is 4.01. The third kappa shape index (κ3) is 5.83. The molecule has 1 aromatic carbocycles. The largest absolute Gasteiger partial charge is 0.466 e. The highest BCUT2D eigenvalue weighted by molar-refractivity contribution is 6.16. The van der Waals surface area contributed by atoms with Crippen LogP contribution in [-0.2, 0) is 25.5 Å². The Labute approximate surface area is 155 Å². The lowest BCUT2D eigenvalue weighted by atomic mass is 9.99. The van der Waals surface area contributed by atoms with Crippen molar-refractivity contribution in [3.05, 3.63) is 47.0 Å². The number of carbonyl (C=O) groups excluding carboxylic acids is 2. The van der Waals surface area contributed by atoms with Crippen LogP contribution in [0.5, 0.6) is 0 Å². The van der Waals surface area contributed by atoms with E-state index in [1.165, 1.54) is 0 Å². The van der Waals surface area contributed by atoms with E-state index >= 15 is 0 Å². The Hall–Kier alpha value is -2.43. The molecule has 0 aliphatic carbocycles. The predicted molar refractivity (Wildman–Crippen MR) is 101 cm³/mol. The van der Waals surface area contributed by atoms with Crippen molar-refractivity contribution in [2.45, 2.75) is 52.4 Å². The van der Waals surface area contributed by atoms with Crippen LogP contribution in [0.1, 0.15) is 51.5 Å². The minimum absolute atomic E-state index is 0.00946. The minimum Gasteiger partial charge on any atom is -0.466 e. The van der Waals surface area contributed by atoms with E-state index in [2.05, 4.69) is 11.9 Å². The number of hydrogen-bond donors (Lipinski definition) is 0. The molecule has 1 heterocycles. The summed E-state index contributed by atoms with van der Waals surface area (Å²) in [5.74, 6) is -0.504. The maximum Gasteiger partial charge on any atom is 0.341 e. The van der Waals surface area contributed by atoms with E-state index in [4.69, 9.17) is 9.47 Å². The number of hydrogen-bond acceptors (Lipinski definition) is 5. The van der Waals surface area contributed by atoms with Crippen molar-refractivity contribution >= 4 is 17.8 Å². The Balaban J connectivity index is 2.19. The summed E-state index contributed by atoms with van der Waals surface area (Å²) < 4.78 is 10.4. The number of unbranched alkanes of at least 4 members (excludes halogenated alkanes) is 3. The molecule has 0 saturated carbocycles. The van der Waals surface area contributed by atoms with Gasteiger partial charge in [0.05, 0.1) is 18.6 Å². The van der Waals surface area contributed by atoms with E-state index < -0.39 is 5.97 Å². The van der Waals surface area contributed by atoms with Gasteiger partial charge in [0.15, 0.2) is 0 Å². The van der Waals surface area contributed by atoms with Gasteiger partial charge in [0.25, 0.3) is 0 Å². The second-order valence-corrected chi connectivity index (χ2v) is 6.24. The summed E-state index contributed by atoms with van der Waals surface area (Å²) in [6, 6.07) is 9.66. The zero-order chi connectivity index (χ0) is 18.8. The second kappa shape index (κ2) is 10.5. The van der Waals surface area contributed by atoms with Crippen LogP contribution in [0.3, 0.4) is 0 Å². The van der Waals surface area contributed by atoms with E-state index in [1.54, 1.807) is 6.92 Å². The SMILES string of the molecule is CCCCCC/N=C1\OC(=O)C(Cc2ccccc2)=C1CC(=O)OCC. The van der Waals surface area contributed by atoms with Gasteiger partial charge in [0, 0.05) is 18.5 Å². The summed E-state index contributed by atoms with van der Waals surface area (Å²) in [5.41, 5.74) is 2.05. The quantitative estimate of drug-likeness (QED) is 0.469. The maximum absolute atomic E-state index is 12.4. The highest BCUT2D eigenvalue weighted by Crippen LogP contribution is 2.25. The van der Waals surface area contributed by atoms with Crippen molar-refractivity contribution in [3.8, 4) is 0 Å². The molecule has 0 saturated heterocycles. The molecular weight excluding hydrogens is 330 g/mol. The summed E-state index contributed by atoms with van der Waals surface area (Å²) in [5, 5.41) is 0. The van der Waals surface area contributed by atoms with Gasteiger partial charge in [-0.1, -0.05) is 56.5 Å². The van der Waals surface area contributed by atoms with Crippen molar-refractivity contribution in [2.24, 2.45) is 4.99 Å². The monoisotopic (exact) mass is 357 g/mol. The topological polar surface area (TPSA) is 65.0 Å². The third-order valence-electron chi connectivity index (χ3n) is 4.18. The molecule has 1 aromatic rings. The number of ether oxygens (including phenoxy) is 2. The van der Waals surface area contributed by atoms with Crippen LogP contribution < -0.4 is 0 Å². The number of carbonyl (C=O) groups is 2. The molecule has 1 aliphatic rings. The first kappa shape index (κ1) is 19.9. The minimum atomic E-state index is -0.416. The Kier molecular flexibility index (Phi) is 8.06. The molecule has 0 amide bonds. The van der Waals surface area contributed by atoms with E-state index in [0.29, 0.717) is 30.7 Å². The van der Waals surface area contributed by atoms with Gasteiger partial charge in [0.2, 0.25) is 5.90 Å². The lowest BCUT2D eigenvalue weighted by Gasteiger charge is -2.05. The van der Waals surface area contributed by atoms with Crippen molar-refractivity contribution in [2.75, 3.05) is 13.2 Å². The molecule has 1 aliphatic heterocycles. The first-order valence-electron chi connectivity index (χ1n) is 9.34. The fourth-order valence-corrected chi connectivity index (χ4v) is 2.83. The molecular formula is C21H27NO4. The van der Waals surface area contributed by atoms with Gasteiger partial charge in [-0.05, 0) is 18.9 Å². The summed E-state index contributed by atoms with van der Waals surface area (Å²) >= 11 is 0. The van der Waals surface area contributed by atoms with E-state index in [0.717, 1.165) is 31.2 Å². The molecule has 5 nitrogen and oxygen atoms in total. The number of benzene rings is 1. The first-order valence-corrected chi connectivity index (χ1v) is 9.34. The van der Waals surface area contributed by atoms with Gasteiger partial charge < -0.3 is 9.47 Å². The first-order chi connectivity index (χ1) is 12.7. The molecule has 0 spiro atoms.